The highest BCUT2D eigenvalue weighted by Crippen LogP contribution is 2.31. The van der Waals surface area contributed by atoms with Gasteiger partial charge in [-0.1, -0.05) is 12.1 Å². The van der Waals surface area contributed by atoms with E-state index in [0.29, 0.717) is 17.2 Å². The Balaban J connectivity index is 0.00000176. The van der Waals surface area contributed by atoms with E-state index in [0.717, 1.165) is 38.8 Å². The first-order valence-corrected chi connectivity index (χ1v) is 7.59. The molecule has 0 unspecified atom stereocenters. The molecule has 0 spiro atoms. The molecule has 1 heterocycles. The van der Waals surface area contributed by atoms with Crippen molar-refractivity contribution in [2.45, 2.75) is 31.7 Å². The van der Waals surface area contributed by atoms with Gasteiger partial charge in [-0.15, -0.1) is 12.4 Å². The molecule has 2 fully saturated rings. The molecule has 120 valence electrons. The van der Waals surface area contributed by atoms with Gasteiger partial charge in [-0.3, -0.25) is 9.59 Å². The molecule has 1 aromatic rings. The number of carbonyl (C=O) groups is 2. The van der Waals surface area contributed by atoms with E-state index < -0.39 is 0 Å². The minimum absolute atomic E-state index is 0. The Hall–Kier alpha value is -1.75. The number of nitrogen functional groups attached to an aromatic ring is 1. The molecule has 0 aromatic heterocycles. The number of piperidine rings is 1. The summed E-state index contributed by atoms with van der Waals surface area (Å²) >= 11 is 0. The van der Waals surface area contributed by atoms with E-state index in [-0.39, 0.29) is 30.3 Å². The van der Waals surface area contributed by atoms with Crippen LogP contribution < -0.4 is 11.1 Å². The SMILES string of the molecule is Cl.Nc1ccccc1C(=O)NC1CCN(C(=O)C2CC2)CC1. The lowest BCUT2D eigenvalue weighted by atomic mass is 10.0. The molecule has 0 bridgehead atoms. The fourth-order valence-electron chi connectivity index (χ4n) is 2.80. The summed E-state index contributed by atoms with van der Waals surface area (Å²) in [5, 5.41) is 3.02. The second kappa shape index (κ2) is 7.01. The van der Waals surface area contributed by atoms with Crippen LogP contribution in [0, 0.1) is 5.92 Å². The largest absolute Gasteiger partial charge is 0.398 e. The molecule has 1 aliphatic heterocycles. The molecule has 1 saturated carbocycles. The van der Waals surface area contributed by atoms with Crippen LogP contribution in [0.5, 0.6) is 0 Å². The molecule has 1 aromatic carbocycles. The summed E-state index contributed by atoms with van der Waals surface area (Å²) in [5.41, 5.74) is 6.83. The third kappa shape index (κ3) is 3.71. The zero-order chi connectivity index (χ0) is 14.8. The summed E-state index contributed by atoms with van der Waals surface area (Å²) in [7, 11) is 0. The summed E-state index contributed by atoms with van der Waals surface area (Å²) in [6.45, 7) is 1.48. The van der Waals surface area contributed by atoms with Crippen molar-refractivity contribution in [2.24, 2.45) is 5.92 Å². The summed E-state index contributed by atoms with van der Waals surface area (Å²) in [6, 6.07) is 7.21. The Morgan fingerprint density at radius 3 is 2.32 bits per heavy atom. The normalized spacial score (nSPS) is 18.5. The van der Waals surface area contributed by atoms with Crippen LogP contribution in [0.1, 0.15) is 36.0 Å². The van der Waals surface area contributed by atoms with Gasteiger partial charge in [0.2, 0.25) is 5.91 Å². The number of likely N-dealkylation sites (tertiary alicyclic amines) is 1. The van der Waals surface area contributed by atoms with Crippen LogP contribution in [0.25, 0.3) is 0 Å². The van der Waals surface area contributed by atoms with Crippen LogP contribution in [0.3, 0.4) is 0 Å². The maximum Gasteiger partial charge on any atom is 0.253 e. The van der Waals surface area contributed by atoms with Crippen LogP contribution in [-0.4, -0.2) is 35.8 Å². The van der Waals surface area contributed by atoms with Crippen LogP contribution in [0.15, 0.2) is 24.3 Å². The molecule has 6 heteroatoms. The van der Waals surface area contributed by atoms with Gasteiger partial charge >= 0.3 is 0 Å². The summed E-state index contributed by atoms with van der Waals surface area (Å²) in [4.78, 5) is 26.1. The third-order valence-corrected chi connectivity index (χ3v) is 4.27. The van der Waals surface area contributed by atoms with Crippen molar-refractivity contribution in [2.75, 3.05) is 18.8 Å². The van der Waals surface area contributed by atoms with Gasteiger partial charge in [0.05, 0.1) is 5.56 Å². The minimum Gasteiger partial charge on any atom is -0.398 e. The van der Waals surface area contributed by atoms with E-state index in [1.165, 1.54) is 0 Å². The van der Waals surface area contributed by atoms with Gasteiger partial charge in [-0.2, -0.15) is 0 Å². The Morgan fingerprint density at radius 1 is 1.09 bits per heavy atom. The van der Waals surface area contributed by atoms with Crippen LogP contribution in [0.4, 0.5) is 5.69 Å². The van der Waals surface area contributed by atoms with Crippen LogP contribution in [-0.2, 0) is 4.79 Å². The van der Waals surface area contributed by atoms with E-state index >= 15 is 0 Å². The van der Waals surface area contributed by atoms with Gasteiger partial charge < -0.3 is 16.0 Å². The maximum atomic E-state index is 12.2. The topological polar surface area (TPSA) is 75.4 Å². The van der Waals surface area contributed by atoms with Crippen molar-refractivity contribution in [3.8, 4) is 0 Å². The van der Waals surface area contributed by atoms with Crippen molar-refractivity contribution < 1.29 is 9.59 Å². The van der Waals surface area contributed by atoms with Gasteiger partial charge in [0.25, 0.3) is 5.91 Å². The number of halogens is 1. The van der Waals surface area contributed by atoms with Gasteiger partial charge in [-0.05, 0) is 37.8 Å². The number of hydrogen-bond donors (Lipinski definition) is 2. The number of anilines is 1. The second-order valence-corrected chi connectivity index (χ2v) is 5.93. The maximum absolute atomic E-state index is 12.2. The van der Waals surface area contributed by atoms with Gasteiger partial charge in [0, 0.05) is 30.7 Å². The highest BCUT2D eigenvalue weighted by Gasteiger charge is 2.35. The Morgan fingerprint density at radius 2 is 1.73 bits per heavy atom. The third-order valence-electron chi connectivity index (χ3n) is 4.27. The van der Waals surface area contributed by atoms with Crippen molar-refractivity contribution in [3.05, 3.63) is 29.8 Å². The number of nitrogens with one attached hydrogen (secondary N) is 1. The zero-order valence-corrected chi connectivity index (χ0v) is 13.3. The van der Waals surface area contributed by atoms with Crippen molar-refractivity contribution >= 4 is 29.9 Å². The molecule has 2 amide bonds. The van der Waals surface area contributed by atoms with Gasteiger partial charge in [0.1, 0.15) is 0 Å². The molecule has 5 nitrogen and oxygen atoms in total. The Kier molecular flexibility index (Phi) is 5.29. The molecule has 3 N–H and O–H groups in total. The summed E-state index contributed by atoms with van der Waals surface area (Å²) in [5.74, 6) is 0.451. The highest BCUT2D eigenvalue weighted by atomic mass is 35.5. The predicted molar refractivity (Wildman–Crippen MR) is 87.9 cm³/mol. The molecule has 1 saturated heterocycles. The fraction of sp³-hybridized carbons (Fsp3) is 0.500. The monoisotopic (exact) mass is 323 g/mol. The molecule has 22 heavy (non-hydrogen) atoms. The zero-order valence-electron chi connectivity index (χ0n) is 12.5. The number of nitrogens with zero attached hydrogens (tertiary/aromatic N) is 1. The lowest BCUT2D eigenvalue weighted by molar-refractivity contribution is -0.133. The predicted octanol–water partition coefficient (Wildman–Crippen LogP) is 1.82. The number of para-hydroxylation sites is 1. The second-order valence-electron chi connectivity index (χ2n) is 5.93. The smallest absolute Gasteiger partial charge is 0.253 e. The quantitative estimate of drug-likeness (QED) is 0.833. The van der Waals surface area contributed by atoms with E-state index in [4.69, 9.17) is 5.73 Å². The fourth-order valence-corrected chi connectivity index (χ4v) is 2.80. The average Bonchev–Trinajstić information content (AvgIpc) is 3.32. The number of carbonyl (C=O) groups excluding carboxylic acids is 2. The van der Waals surface area contributed by atoms with E-state index in [1.807, 2.05) is 17.0 Å². The molecule has 2 aliphatic rings. The lowest BCUT2D eigenvalue weighted by Crippen LogP contribution is -2.47. The van der Waals surface area contributed by atoms with Crippen LogP contribution in [0.2, 0.25) is 0 Å². The van der Waals surface area contributed by atoms with E-state index in [2.05, 4.69) is 5.32 Å². The van der Waals surface area contributed by atoms with Crippen molar-refractivity contribution in [1.82, 2.24) is 10.2 Å². The van der Waals surface area contributed by atoms with E-state index in [1.54, 1.807) is 12.1 Å². The molecular weight excluding hydrogens is 302 g/mol. The molecule has 1 aliphatic carbocycles. The number of benzene rings is 1. The molecule has 3 rings (SSSR count). The van der Waals surface area contributed by atoms with E-state index in [9.17, 15) is 9.59 Å². The number of nitrogens with two attached hydrogens (primary N) is 1. The van der Waals surface area contributed by atoms with Crippen molar-refractivity contribution in [3.63, 3.8) is 0 Å². The summed E-state index contributed by atoms with van der Waals surface area (Å²) < 4.78 is 0. The van der Waals surface area contributed by atoms with Crippen LogP contribution >= 0.6 is 12.4 Å². The van der Waals surface area contributed by atoms with Gasteiger partial charge in [-0.25, -0.2) is 0 Å². The highest BCUT2D eigenvalue weighted by molar-refractivity contribution is 5.99. The molecule has 0 radical (unpaired) electrons. The first-order valence-electron chi connectivity index (χ1n) is 7.59. The summed E-state index contributed by atoms with van der Waals surface area (Å²) in [6.07, 6.45) is 3.72. The number of hydrogen-bond acceptors (Lipinski definition) is 3. The Labute approximate surface area is 136 Å². The molecule has 0 atom stereocenters. The van der Waals surface area contributed by atoms with Gasteiger partial charge in [0.15, 0.2) is 0 Å². The number of amides is 2. The minimum atomic E-state index is -0.125. The number of rotatable bonds is 3. The molecular formula is C16H22ClN3O2. The standard InChI is InChI=1S/C16H21N3O2.ClH/c17-14-4-2-1-3-13(14)15(20)18-12-7-9-19(10-8-12)16(21)11-5-6-11;/h1-4,11-12H,5-10,17H2,(H,18,20);1H. The lowest BCUT2D eigenvalue weighted by Gasteiger charge is -2.32. The Bertz CT molecular complexity index is 552. The first kappa shape index (κ1) is 16.6. The average molecular weight is 324 g/mol. The van der Waals surface area contributed by atoms with Crippen molar-refractivity contribution in [1.29, 1.82) is 0 Å². The first-order chi connectivity index (χ1) is 10.1.